The third-order valence-corrected chi connectivity index (χ3v) is 5.39. The number of benzene rings is 1. The van der Waals surface area contributed by atoms with Gasteiger partial charge in [-0.2, -0.15) is 0 Å². The van der Waals surface area contributed by atoms with Crippen molar-refractivity contribution >= 4 is 11.3 Å². The lowest BCUT2D eigenvalue weighted by atomic mass is 10.1. The van der Waals surface area contributed by atoms with Gasteiger partial charge in [-0.1, -0.05) is 6.92 Å². The van der Waals surface area contributed by atoms with Gasteiger partial charge < -0.3 is 19.8 Å². The van der Waals surface area contributed by atoms with E-state index in [9.17, 15) is 0 Å². The molecule has 0 bridgehead atoms. The monoisotopic (exact) mass is 365 g/mol. The molecule has 0 aliphatic carbocycles. The number of hydrogen-bond acceptors (Lipinski definition) is 5. The van der Waals surface area contributed by atoms with Gasteiger partial charge in [-0.05, 0) is 42.9 Å². The molecule has 1 fully saturated rings. The first-order valence-electron chi connectivity index (χ1n) is 9.53. The summed E-state index contributed by atoms with van der Waals surface area (Å²) in [4.78, 5) is 9.90. The maximum atomic E-state index is 6.06. The van der Waals surface area contributed by atoms with Crippen LogP contribution in [0.25, 0.3) is 16.9 Å². The number of methoxy groups -OCH3 is 1. The average molecular weight is 365 g/mol. The number of likely N-dealkylation sites (N-methyl/N-ethyl adjacent to an activating group) is 1. The van der Waals surface area contributed by atoms with E-state index >= 15 is 0 Å². The van der Waals surface area contributed by atoms with Crippen molar-refractivity contribution in [3.8, 4) is 17.0 Å². The number of rotatable bonds is 5. The van der Waals surface area contributed by atoms with Crippen molar-refractivity contribution in [3.63, 3.8) is 0 Å². The van der Waals surface area contributed by atoms with E-state index in [-0.39, 0.29) is 0 Å². The molecular formula is C21H27N5O. The first-order chi connectivity index (χ1) is 13.2. The molecule has 0 saturated carbocycles. The number of nitrogens with zero attached hydrogens (tertiary/aromatic N) is 4. The smallest absolute Gasteiger partial charge is 0.137 e. The number of aromatic nitrogens is 2. The van der Waals surface area contributed by atoms with Crippen LogP contribution in [-0.4, -0.2) is 59.0 Å². The summed E-state index contributed by atoms with van der Waals surface area (Å²) in [6.45, 7) is 8.60. The lowest BCUT2D eigenvalue weighted by Crippen LogP contribution is -2.45. The fraction of sp³-hybridized carbons (Fsp3) is 0.381. The Hall–Kier alpha value is -2.57. The first kappa shape index (κ1) is 17.8. The highest BCUT2D eigenvalue weighted by atomic mass is 16.5. The highest BCUT2D eigenvalue weighted by Gasteiger charge is 2.20. The quantitative estimate of drug-likeness (QED) is 0.753. The predicted octanol–water partition coefficient (Wildman–Crippen LogP) is 2.73. The van der Waals surface area contributed by atoms with Crippen LogP contribution in [0.15, 0.2) is 42.6 Å². The largest absolute Gasteiger partial charge is 0.497 e. The Labute approximate surface area is 160 Å². The van der Waals surface area contributed by atoms with Gasteiger partial charge >= 0.3 is 0 Å². The van der Waals surface area contributed by atoms with Gasteiger partial charge in [-0.15, -0.1) is 0 Å². The number of nitrogen functional groups attached to an aromatic ring is 1. The molecule has 4 rings (SSSR count). The normalized spacial score (nSPS) is 16.1. The van der Waals surface area contributed by atoms with Crippen LogP contribution in [0.1, 0.15) is 12.6 Å². The number of nitrogens with two attached hydrogens (primary N) is 1. The summed E-state index contributed by atoms with van der Waals surface area (Å²) in [5.41, 5.74) is 11.0. The minimum Gasteiger partial charge on any atom is -0.497 e. The molecule has 1 aliphatic heterocycles. The summed E-state index contributed by atoms with van der Waals surface area (Å²) in [7, 11) is 1.68. The Morgan fingerprint density at radius 3 is 2.37 bits per heavy atom. The van der Waals surface area contributed by atoms with Gasteiger partial charge in [0, 0.05) is 50.2 Å². The van der Waals surface area contributed by atoms with E-state index in [2.05, 4.69) is 33.3 Å². The summed E-state index contributed by atoms with van der Waals surface area (Å²) in [5.74, 6) is 0.851. The van der Waals surface area contributed by atoms with Gasteiger partial charge in [-0.3, -0.25) is 4.90 Å². The Kier molecular flexibility index (Phi) is 5.01. The summed E-state index contributed by atoms with van der Waals surface area (Å²) >= 11 is 0. The number of ether oxygens (including phenoxy) is 1. The lowest BCUT2D eigenvalue weighted by Gasteiger charge is -2.34. The molecule has 2 N–H and O–H groups in total. The number of piperazine rings is 1. The van der Waals surface area contributed by atoms with Crippen molar-refractivity contribution in [1.82, 2.24) is 19.2 Å². The van der Waals surface area contributed by atoms with Crippen LogP contribution in [0.4, 0.5) is 5.69 Å². The van der Waals surface area contributed by atoms with Crippen LogP contribution < -0.4 is 10.5 Å². The fourth-order valence-corrected chi connectivity index (χ4v) is 3.72. The van der Waals surface area contributed by atoms with Crippen LogP contribution in [0.3, 0.4) is 0 Å². The van der Waals surface area contributed by atoms with E-state index in [1.165, 1.54) is 5.69 Å². The molecule has 0 atom stereocenters. The summed E-state index contributed by atoms with van der Waals surface area (Å²) in [6.07, 6.45) is 1.98. The van der Waals surface area contributed by atoms with Crippen molar-refractivity contribution in [2.45, 2.75) is 13.5 Å². The molecule has 3 aromatic rings. The van der Waals surface area contributed by atoms with Gasteiger partial charge in [0.15, 0.2) is 0 Å². The van der Waals surface area contributed by atoms with Crippen LogP contribution in [0, 0.1) is 0 Å². The number of hydrogen-bond donors (Lipinski definition) is 1. The van der Waals surface area contributed by atoms with Gasteiger partial charge in [0.1, 0.15) is 11.4 Å². The standard InChI is InChI=1S/C21H27N5O/c1-3-24-10-12-25(13-11-24)15-19-21(16-4-7-18(27-2)8-5-16)23-20-9-6-17(22)14-26(19)20/h4-9,14H,3,10-13,15,22H2,1-2H3. The Morgan fingerprint density at radius 2 is 1.70 bits per heavy atom. The SMILES string of the molecule is CCN1CCN(Cc2c(-c3ccc(OC)cc3)nc3ccc(N)cn23)CC1. The maximum absolute atomic E-state index is 6.06. The Bertz CT molecular complexity index is 910. The number of imidazole rings is 1. The zero-order valence-electron chi connectivity index (χ0n) is 16.1. The number of fused-ring (bicyclic) bond motifs is 1. The van der Waals surface area contributed by atoms with Gasteiger partial charge in [0.25, 0.3) is 0 Å². The zero-order valence-corrected chi connectivity index (χ0v) is 16.1. The van der Waals surface area contributed by atoms with E-state index in [4.69, 9.17) is 15.5 Å². The highest BCUT2D eigenvalue weighted by Crippen LogP contribution is 2.28. The molecule has 142 valence electrons. The molecule has 0 spiro atoms. The molecule has 1 saturated heterocycles. The van der Waals surface area contributed by atoms with Crippen LogP contribution in [0.5, 0.6) is 5.75 Å². The number of pyridine rings is 1. The van der Waals surface area contributed by atoms with Crippen molar-refractivity contribution in [2.24, 2.45) is 0 Å². The Morgan fingerprint density at radius 1 is 1.00 bits per heavy atom. The Balaban J connectivity index is 1.71. The summed E-state index contributed by atoms with van der Waals surface area (Å²) in [6, 6.07) is 12.0. The average Bonchev–Trinajstić information content (AvgIpc) is 3.06. The fourth-order valence-electron chi connectivity index (χ4n) is 3.72. The second-order valence-corrected chi connectivity index (χ2v) is 7.04. The molecule has 6 heteroatoms. The van der Waals surface area contributed by atoms with E-state index in [1.54, 1.807) is 7.11 Å². The third-order valence-electron chi connectivity index (χ3n) is 5.39. The van der Waals surface area contributed by atoms with E-state index in [1.807, 2.05) is 30.5 Å². The zero-order chi connectivity index (χ0) is 18.8. The van der Waals surface area contributed by atoms with Crippen LogP contribution in [0.2, 0.25) is 0 Å². The van der Waals surface area contributed by atoms with Gasteiger partial charge in [-0.25, -0.2) is 4.98 Å². The molecule has 3 heterocycles. The van der Waals surface area contributed by atoms with Crippen molar-refractivity contribution < 1.29 is 4.74 Å². The topological polar surface area (TPSA) is 59.0 Å². The molecule has 1 aliphatic rings. The van der Waals surface area contributed by atoms with Crippen LogP contribution >= 0.6 is 0 Å². The molecule has 0 radical (unpaired) electrons. The summed E-state index contributed by atoms with van der Waals surface area (Å²) in [5, 5.41) is 0. The second kappa shape index (κ2) is 7.58. The van der Waals surface area contributed by atoms with Crippen molar-refractivity contribution in [2.75, 3.05) is 45.6 Å². The maximum Gasteiger partial charge on any atom is 0.137 e. The summed E-state index contributed by atoms with van der Waals surface area (Å²) < 4.78 is 7.44. The molecular weight excluding hydrogens is 338 g/mol. The van der Waals surface area contributed by atoms with Crippen molar-refractivity contribution in [1.29, 1.82) is 0 Å². The molecule has 6 nitrogen and oxygen atoms in total. The molecule has 0 amide bonds. The third kappa shape index (κ3) is 3.63. The molecule has 0 unspecified atom stereocenters. The van der Waals surface area contributed by atoms with Crippen LogP contribution in [-0.2, 0) is 6.54 Å². The minimum atomic E-state index is 0.748. The first-order valence-corrected chi connectivity index (χ1v) is 9.53. The predicted molar refractivity (Wildman–Crippen MR) is 109 cm³/mol. The molecule has 1 aromatic carbocycles. The van der Waals surface area contributed by atoms with Gasteiger partial charge in [0.2, 0.25) is 0 Å². The van der Waals surface area contributed by atoms with E-state index in [0.29, 0.717) is 0 Å². The molecule has 2 aromatic heterocycles. The lowest BCUT2D eigenvalue weighted by molar-refractivity contribution is 0.131. The van der Waals surface area contributed by atoms with E-state index in [0.717, 1.165) is 67.6 Å². The van der Waals surface area contributed by atoms with E-state index < -0.39 is 0 Å². The van der Waals surface area contributed by atoms with Crippen molar-refractivity contribution in [3.05, 3.63) is 48.3 Å². The van der Waals surface area contributed by atoms with Gasteiger partial charge in [0.05, 0.1) is 18.5 Å². The molecule has 27 heavy (non-hydrogen) atoms. The number of anilines is 1. The second-order valence-electron chi connectivity index (χ2n) is 7.04. The minimum absolute atomic E-state index is 0.748. The highest BCUT2D eigenvalue weighted by molar-refractivity contribution is 5.68.